The van der Waals surface area contributed by atoms with E-state index in [1.807, 2.05) is 30.3 Å². The molecule has 1 fully saturated rings. The van der Waals surface area contributed by atoms with Gasteiger partial charge in [0.05, 0.1) is 23.9 Å². The van der Waals surface area contributed by atoms with Crippen LogP contribution in [0, 0.1) is 0 Å². The first-order valence-corrected chi connectivity index (χ1v) is 12.0. The van der Waals surface area contributed by atoms with Gasteiger partial charge in [-0.15, -0.1) is 11.8 Å². The summed E-state index contributed by atoms with van der Waals surface area (Å²) >= 11 is 1.46. The smallest absolute Gasteiger partial charge is 0.243 e. The molecule has 6 nitrogen and oxygen atoms in total. The number of thioether (sulfide) groups is 1. The van der Waals surface area contributed by atoms with Gasteiger partial charge in [-0.2, -0.15) is 4.31 Å². The SMILES string of the molecule is O=C(CSc1ccc2ccccc2c1)Nc1ccc(S(=O)(=O)N2CCOCC2)cc1. The Hall–Kier alpha value is -2.39. The number of ether oxygens (including phenoxy) is 1. The molecule has 156 valence electrons. The van der Waals surface area contributed by atoms with Crippen LogP contribution in [0.2, 0.25) is 0 Å². The van der Waals surface area contributed by atoms with Crippen LogP contribution in [0.4, 0.5) is 5.69 Å². The fourth-order valence-electron chi connectivity index (χ4n) is 3.25. The molecule has 1 aliphatic rings. The molecule has 30 heavy (non-hydrogen) atoms. The Morgan fingerprint density at radius 3 is 2.40 bits per heavy atom. The predicted octanol–water partition coefficient (Wildman–Crippen LogP) is 3.59. The molecule has 0 aliphatic carbocycles. The van der Waals surface area contributed by atoms with Crippen LogP contribution >= 0.6 is 11.8 Å². The van der Waals surface area contributed by atoms with Gasteiger partial charge >= 0.3 is 0 Å². The zero-order valence-corrected chi connectivity index (χ0v) is 17.9. The van der Waals surface area contributed by atoms with E-state index in [0.29, 0.717) is 32.0 Å². The summed E-state index contributed by atoms with van der Waals surface area (Å²) < 4.78 is 31.9. The van der Waals surface area contributed by atoms with E-state index in [-0.39, 0.29) is 16.6 Å². The summed E-state index contributed by atoms with van der Waals surface area (Å²) in [6.45, 7) is 1.52. The third-order valence-electron chi connectivity index (χ3n) is 4.84. The summed E-state index contributed by atoms with van der Waals surface area (Å²) in [5.74, 6) is 0.128. The molecule has 0 bridgehead atoms. The Labute approximate surface area is 180 Å². The van der Waals surface area contributed by atoms with Gasteiger partial charge in [0.15, 0.2) is 0 Å². The summed E-state index contributed by atoms with van der Waals surface area (Å²) in [4.78, 5) is 13.5. The largest absolute Gasteiger partial charge is 0.379 e. The van der Waals surface area contributed by atoms with Gasteiger partial charge in [-0.1, -0.05) is 30.3 Å². The molecule has 1 aliphatic heterocycles. The average Bonchev–Trinajstić information content (AvgIpc) is 2.78. The lowest BCUT2D eigenvalue weighted by Crippen LogP contribution is -2.40. The quantitative estimate of drug-likeness (QED) is 0.591. The molecule has 0 spiro atoms. The second-order valence-corrected chi connectivity index (χ2v) is 9.87. The summed E-state index contributed by atoms with van der Waals surface area (Å²) in [6.07, 6.45) is 0. The van der Waals surface area contributed by atoms with Crippen molar-refractivity contribution in [2.24, 2.45) is 0 Å². The molecule has 1 N–H and O–H groups in total. The first-order chi connectivity index (χ1) is 14.5. The number of carbonyl (C=O) groups is 1. The molecule has 1 saturated heterocycles. The van der Waals surface area contributed by atoms with Crippen LogP contribution in [0.1, 0.15) is 0 Å². The number of hydrogen-bond acceptors (Lipinski definition) is 5. The van der Waals surface area contributed by atoms with Crippen molar-refractivity contribution in [2.75, 3.05) is 37.4 Å². The van der Waals surface area contributed by atoms with Crippen LogP contribution in [-0.4, -0.2) is 50.7 Å². The lowest BCUT2D eigenvalue weighted by Gasteiger charge is -2.26. The van der Waals surface area contributed by atoms with Gasteiger partial charge in [-0.3, -0.25) is 4.79 Å². The molecule has 4 rings (SSSR count). The second kappa shape index (κ2) is 9.18. The van der Waals surface area contributed by atoms with E-state index in [0.717, 1.165) is 10.3 Å². The number of morpholine rings is 1. The van der Waals surface area contributed by atoms with Gasteiger partial charge < -0.3 is 10.1 Å². The van der Waals surface area contributed by atoms with Crippen molar-refractivity contribution >= 4 is 44.2 Å². The van der Waals surface area contributed by atoms with E-state index >= 15 is 0 Å². The average molecular weight is 443 g/mol. The highest BCUT2D eigenvalue weighted by Gasteiger charge is 2.26. The van der Waals surface area contributed by atoms with Crippen LogP contribution in [0.3, 0.4) is 0 Å². The molecule has 0 unspecified atom stereocenters. The summed E-state index contributed by atoms with van der Waals surface area (Å²) in [7, 11) is -3.53. The Bertz CT molecular complexity index is 1140. The topological polar surface area (TPSA) is 75.7 Å². The zero-order valence-electron chi connectivity index (χ0n) is 16.3. The molecule has 0 atom stereocenters. The maximum atomic E-state index is 12.7. The molecule has 0 aromatic heterocycles. The summed E-state index contributed by atoms with van der Waals surface area (Å²) in [5, 5.41) is 5.12. The number of rotatable bonds is 6. The minimum Gasteiger partial charge on any atom is -0.379 e. The highest BCUT2D eigenvalue weighted by Crippen LogP contribution is 2.24. The van der Waals surface area contributed by atoms with Gasteiger partial charge in [-0.05, 0) is 47.2 Å². The van der Waals surface area contributed by atoms with Gasteiger partial charge in [0.2, 0.25) is 15.9 Å². The fraction of sp³-hybridized carbons (Fsp3) is 0.227. The van der Waals surface area contributed by atoms with E-state index in [4.69, 9.17) is 4.74 Å². The number of nitrogens with zero attached hydrogens (tertiary/aromatic N) is 1. The monoisotopic (exact) mass is 442 g/mol. The van der Waals surface area contributed by atoms with Crippen molar-refractivity contribution < 1.29 is 17.9 Å². The minimum absolute atomic E-state index is 0.142. The van der Waals surface area contributed by atoms with Crippen molar-refractivity contribution in [3.05, 3.63) is 66.7 Å². The second-order valence-electron chi connectivity index (χ2n) is 6.89. The first-order valence-electron chi connectivity index (χ1n) is 9.62. The number of carbonyl (C=O) groups excluding carboxylic acids is 1. The molecule has 0 radical (unpaired) electrons. The van der Waals surface area contributed by atoms with E-state index in [9.17, 15) is 13.2 Å². The summed E-state index contributed by atoms with van der Waals surface area (Å²) in [5.41, 5.74) is 0.569. The van der Waals surface area contributed by atoms with Crippen molar-refractivity contribution in [1.82, 2.24) is 4.31 Å². The van der Waals surface area contributed by atoms with Gasteiger partial charge in [0.25, 0.3) is 0 Å². The normalized spacial score (nSPS) is 15.2. The highest BCUT2D eigenvalue weighted by molar-refractivity contribution is 8.00. The van der Waals surface area contributed by atoms with Crippen molar-refractivity contribution in [2.45, 2.75) is 9.79 Å². The Kier molecular flexibility index (Phi) is 6.38. The van der Waals surface area contributed by atoms with Crippen molar-refractivity contribution in [1.29, 1.82) is 0 Å². The van der Waals surface area contributed by atoms with E-state index < -0.39 is 10.0 Å². The third-order valence-corrected chi connectivity index (χ3v) is 7.74. The standard InChI is InChI=1S/C22H22N2O4S2/c25-22(16-29-20-8-5-17-3-1-2-4-18(17)15-20)23-19-6-9-21(10-7-19)30(26,27)24-11-13-28-14-12-24/h1-10,15H,11-14,16H2,(H,23,25). The molecular weight excluding hydrogens is 420 g/mol. The third kappa shape index (κ3) is 4.84. The van der Waals surface area contributed by atoms with E-state index in [1.165, 1.54) is 33.6 Å². The van der Waals surface area contributed by atoms with Gasteiger partial charge in [0.1, 0.15) is 0 Å². The Morgan fingerprint density at radius 2 is 1.67 bits per heavy atom. The van der Waals surface area contributed by atoms with Gasteiger partial charge in [-0.25, -0.2) is 8.42 Å². The number of hydrogen-bond donors (Lipinski definition) is 1. The zero-order chi connectivity index (χ0) is 21.0. The molecular formula is C22H22N2O4S2. The predicted molar refractivity (Wildman–Crippen MR) is 119 cm³/mol. The summed E-state index contributed by atoms with van der Waals surface area (Å²) in [6, 6.07) is 20.5. The lowest BCUT2D eigenvalue weighted by atomic mass is 10.1. The maximum Gasteiger partial charge on any atom is 0.243 e. The number of fused-ring (bicyclic) bond motifs is 1. The lowest BCUT2D eigenvalue weighted by molar-refractivity contribution is -0.113. The van der Waals surface area contributed by atoms with Gasteiger partial charge in [0, 0.05) is 23.7 Å². The molecule has 3 aromatic carbocycles. The molecule has 3 aromatic rings. The minimum atomic E-state index is -3.53. The molecule has 8 heteroatoms. The van der Waals surface area contributed by atoms with Crippen LogP contribution in [-0.2, 0) is 19.6 Å². The Morgan fingerprint density at radius 1 is 0.967 bits per heavy atom. The van der Waals surface area contributed by atoms with Crippen LogP contribution in [0.15, 0.2) is 76.5 Å². The van der Waals surface area contributed by atoms with Crippen molar-refractivity contribution in [3.8, 4) is 0 Å². The molecule has 0 saturated carbocycles. The van der Waals surface area contributed by atoms with E-state index in [1.54, 1.807) is 12.1 Å². The van der Waals surface area contributed by atoms with Crippen molar-refractivity contribution in [3.63, 3.8) is 0 Å². The number of amides is 1. The maximum absolute atomic E-state index is 12.7. The van der Waals surface area contributed by atoms with Crippen LogP contribution in [0.25, 0.3) is 10.8 Å². The highest BCUT2D eigenvalue weighted by atomic mass is 32.2. The fourth-order valence-corrected chi connectivity index (χ4v) is 5.40. The molecule has 1 heterocycles. The molecule has 1 amide bonds. The van der Waals surface area contributed by atoms with Crippen LogP contribution in [0.5, 0.6) is 0 Å². The number of anilines is 1. The number of sulfonamides is 1. The first kappa shape index (κ1) is 20.9. The number of nitrogens with one attached hydrogen (secondary N) is 1. The Balaban J connectivity index is 1.35. The van der Waals surface area contributed by atoms with E-state index in [2.05, 4.69) is 17.4 Å². The van der Waals surface area contributed by atoms with Crippen LogP contribution < -0.4 is 5.32 Å². The number of benzene rings is 3.